The molecule has 0 bridgehead atoms. The first-order chi connectivity index (χ1) is 12.6. The Kier molecular flexibility index (Phi) is 5.49. The largest absolute Gasteiger partial charge is 0.280 e. The fraction of sp³-hybridized carbons (Fsp3) is 0.294. The van der Waals surface area contributed by atoms with Crippen molar-refractivity contribution in [2.45, 2.75) is 29.6 Å². The normalized spacial score (nSPS) is 15.8. The molecule has 6 nitrogen and oxygen atoms in total. The van der Waals surface area contributed by atoms with E-state index in [9.17, 15) is 21.2 Å². The highest BCUT2D eigenvalue weighted by molar-refractivity contribution is 7.92. The Morgan fingerprint density at radius 1 is 1.04 bits per heavy atom. The first-order valence-corrected chi connectivity index (χ1v) is 11.5. The van der Waals surface area contributed by atoms with Gasteiger partial charge in [0.05, 0.1) is 15.6 Å². The van der Waals surface area contributed by atoms with Crippen LogP contribution in [0.5, 0.6) is 0 Å². The Bertz CT molecular complexity index is 1080. The lowest BCUT2D eigenvalue weighted by molar-refractivity contribution is 0.477. The van der Waals surface area contributed by atoms with Crippen molar-refractivity contribution in [1.82, 2.24) is 4.31 Å². The standard InChI is InChI=1S/C17H18ClFN2O4S2/c1-12-4-6-14(11-16(12)19)26(22,23)20-13-5-7-15(18)17(10-13)27(24,25)21-8-2-3-9-21/h4-7,10-11,20H,2-3,8-9H2,1H3. The number of benzene rings is 2. The summed E-state index contributed by atoms with van der Waals surface area (Å²) in [6, 6.07) is 7.40. The van der Waals surface area contributed by atoms with Crippen LogP contribution in [-0.4, -0.2) is 34.2 Å². The molecule has 0 atom stereocenters. The molecule has 1 aliphatic heterocycles. The van der Waals surface area contributed by atoms with E-state index in [2.05, 4.69) is 4.72 Å². The van der Waals surface area contributed by atoms with Crippen LogP contribution in [0.3, 0.4) is 0 Å². The molecule has 1 N–H and O–H groups in total. The number of halogens is 2. The second-order valence-corrected chi connectivity index (χ2v) is 10.3. The molecule has 146 valence electrons. The van der Waals surface area contributed by atoms with E-state index in [1.54, 1.807) is 0 Å². The molecule has 0 spiro atoms. The number of hydrogen-bond acceptors (Lipinski definition) is 4. The van der Waals surface area contributed by atoms with Gasteiger partial charge in [0.2, 0.25) is 10.0 Å². The zero-order valence-electron chi connectivity index (χ0n) is 14.4. The van der Waals surface area contributed by atoms with Crippen molar-refractivity contribution in [2.24, 2.45) is 0 Å². The molecular weight excluding hydrogens is 415 g/mol. The van der Waals surface area contributed by atoms with Gasteiger partial charge in [0.25, 0.3) is 10.0 Å². The van der Waals surface area contributed by atoms with Crippen molar-refractivity contribution in [3.05, 3.63) is 52.8 Å². The van der Waals surface area contributed by atoms with E-state index in [0.29, 0.717) is 18.7 Å². The summed E-state index contributed by atoms with van der Waals surface area (Å²) in [6.07, 6.45) is 1.53. The van der Waals surface area contributed by atoms with Crippen LogP contribution in [0.2, 0.25) is 5.02 Å². The molecule has 0 unspecified atom stereocenters. The molecule has 0 aromatic heterocycles. The van der Waals surface area contributed by atoms with E-state index in [1.165, 1.54) is 41.6 Å². The molecule has 0 amide bonds. The molecule has 2 aromatic rings. The van der Waals surface area contributed by atoms with Gasteiger partial charge in [0.1, 0.15) is 10.7 Å². The number of sulfonamides is 2. The van der Waals surface area contributed by atoms with Crippen molar-refractivity contribution >= 4 is 37.3 Å². The third kappa shape index (κ3) is 4.11. The van der Waals surface area contributed by atoms with E-state index in [-0.39, 0.29) is 20.5 Å². The predicted octanol–water partition coefficient (Wildman–Crippen LogP) is 3.37. The van der Waals surface area contributed by atoms with Crippen LogP contribution in [0, 0.1) is 12.7 Å². The summed E-state index contributed by atoms with van der Waals surface area (Å²) in [7, 11) is -7.91. The Morgan fingerprint density at radius 2 is 1.70 bits per heavy atom. The molecule has 1 saturated heterocycles. The Labute approximate surface area is 163 Å². The first kappa shape index (κ1) is 20.1. The van der Waals surface area contributed by atoms with Crippen molar-refractivity contribution in [3.8, 4) is 0 Å². The minimum Gasteiger partial charge on any atom is -0.280 e. The van der Waals surface area contributed by atoms with Crippen molar-refractivity contribution in [3.63, 3.8) is 0 Å². The monoisotopic (exact) mass is 432 g/mol. The Balaban J connectivity index is 1.95. The summed E-state index contributed by atoms with van der Waals surface area (Å²) in [6.45, 7) is 2.32. The number of nitrogens with zero attached hydrogens (tertiary/aromatic N) is 1. The summed E-state index contributed by atoms with van der Waals surface area (Å²) in [5, 5.41) is 0.00577. The number of anilines is 1. The lowest BCUT2D eigenvalue weighted by Gasteiger charge is -2.17. The van der Waals surface area contributed by atoms with Gasteiger partial charge in [0.15, 0.2) is 0 Å². The smallest absolute Gasteiger partial charge is 0.261 e. The average Bonchev–Trinajstić information content (AvgIpc) is 3.14. The van der Waals surface area contributed by atoms with Crippen molar-refractivity contribution in [2.75, 3.05) is 17.8 Å². The molecule has 3 rings (SSSR count). The lowest BCUT2D eigenvalue weighted by Crippen LogP contribution is -2.28. The topological polar surface area (TPSA) is 83.5 Å². The SMILES string of the molecule is Cc1ccc(S(=O)(=O)Nc2ccc(Cl)c(S(=O)(=O)N3CCCC3)c2)cc1F. The molecule has 1 fully saturated rings. The van der Waals surface area contributed by atoms with Gasteiger partial charge in [-0.15, -0.1) is 0 Å². The van der Waals surface area contributed by atoms with Crippen LogP contribution in [0.4, 0.5) is 10.1 Å². The minimum atomic E-state index is -4.09. The molecule has 27 heavy (non-hydrogen) atoms. The summed E-state index contributed by atoms with van der Waals surface area (Å²) in [5.41, 5.74) is 0.345. The summed E-state index contributed by atoms with van der Waals surface area (Å²) in [4.78, 5) is -0.425. The maximum atomic E-state index is 13.7. The van der Waals surface area contributed by atoms with E-state index in [0.717, 1.165) is 18.9 Å². The van der Waals surface area contributed by atoms with Crippen molar-refractivity contribution < 1.29 is 21.2 Å². The van der Waals surface area contributed by atoms with Crippen LogP contribution < -0.4 is 4.72 Å². The molecule has 10 heteroatoms. The lowest BCUT2D eigenvalue weighted by atomic mass is 10.2. The van der Waals surface area contributed by atoms with Crippen LogP contribution in [0.15, 0.2) is 46.2 Å². The first-order valence-electron chi connectivity index (χ1n) is 8.20. The van der Waals surface area contributed by atoms with Crippen LogP contribution in [-0.2, 0) is 20.0 Å². The number of hydrogen-bond donors (Lipinski definition) is 1. The number of nitrogens with one attached hydrogen (secondary N) is 1. The average molecular weight is 433 g/mol. The van der Waals surface area contributed by atoms with E-state index in [1.807, 2.05) is 0 Å². The van der Waals surface area contributed by atoms with Gasteiger partial charge in [-0.1, -0.05) is 17.7 Å². The highest BCUT2D eigenvalue weighted by Gasteiger charge is 2.29. The minimum absolute atomic E-state index is 0.00577. The Hall–Kier alpha value is -1.68. The summed E-state index contributed by atoms with van der Waals surface area (Å²) < 4.78 is 67.8. The fourth-order valence-corrected chi connectivity index (χ4v) is 5.87. The van der Waals surface area contributed by atoms with Gasteiger partial charge in [-0.2, -0.15) is 4.31 Å². The Morgan fingerprint density at radius 3 is 2.33 bits per heavy atom. The van der Waals surface area contributed by atoms with Gasteiger partial charge >= 0.3 is 0 Å². The second-order valence-electron chi connectivity index (χ2n) is 6.27. The highest BCUT2D eigenvalue weighted by atomic mass is 35.5. The molecule has 0 saturated carbocycles. The molecule has 1 heterocycles. The molecule has 0 aliphatic carbocycles. The number of rotatable bonds is 5. The maximum Gasteiger partial charge on any atom is 0.261 e. The van der Waals surface area contributed by atoms with Gasteiger partial charge in [-0.3, -0.25) is 4.72 Å². The highest BCUT2D eigenvalue weighted by Crippen LogP contribution is 2.30. The zero-order valence-corrected chi connectivity index (χ0v) is 16.8. The third-order valence-corrected chi connectivity index (χ3v) is 8.08. The zero-order chi connectivity index (χ0) is 19.8. The third-order valence-electron chi connectivity index (χ3n) is 4.32. The fourth-order valence-electron chi connectivity index (χ4n) is 2.79. The molecule has 2 aromatic carbocycles. The maximum absolute atomic E-state index is 13.7. The van der Waals surface area contributed by atoms with Gasteiger partial charge in [-0.05, 0) is 55.7 Å². The van der Waals surface area contributed by atoms with Crippen LogP contribution in [0.1, 0.15) is 18.4 Å². The van der Waals surface area contributed by atoms with Gasteiger partial charge < -0.3 is 0 Å². The summed E-state index contributed by atoms with van der Waals surface area (Å²) >= 11 is 6.05. The quantitative estimate of drug-likeness (QED) is 0.785. The van der Waals surface area contributed by atoms with Crippen LogP contribution >= 0.6 is 11.6 Å². The van der Waals surface area contributed by atoms with E-state index >= 15 is 0 Å². The van der Waals surface area contributed by atoms with Gasteiger partial charge in [-0.25, -0.2) is 21.2 Å². The second kappa shape index (κ2) is 7.38. The van der Waals surface area contributed by atoms with Gasteiger partial charge in [0, 0.05) is 13.1 Å². The molecule has 0 radical (unpaired) electrons. The van der Waals surface area contributed by atoms with Crippen molar-refractivity contribution in [1.29, 1.82) is 0 Å². The predicted molar refractivity (Wildman–Crippen MR) is 101 cm³/mol. The summed E-state index contributed by atoms with van der Waals surface area (Å²) in [5.74, 6) is -0.647. The van der Waals surface area contributed by atoms with E-state index in [4.69, 9.17) is 11.6 Å². The number of aryl methyl sites for hydroxylation is 1. The van der Waals surface area contributed by atoms with Crippen LogP contribution in [0.25, 0.3) is 0 Å². The van der Waals surface area contributed by atoms with E-state index < -0.39 is 25.9 Å². The molecular formula is C17H18ClFN2O4S2. The molecule has 1 aliphatic rings.